The van der Waals surface area contributed by atoms with Gasteiger partial charge in [-0.1, -0.05) is 48.0 Å². The summed E-state index contributed by atoms with van der Waals surface area (Å²) in [4.78, 5) is 0.732. The molecule has 0 fully saturated rings. The van der Waals surface area contributed by atoms with Gasteiger partial charge in [-0.15, -0.1) is 0 Å². The molecule has 0 saturated carbocycles. The van der Waals surface area contributed by atoms with Crippen LogP contribution in [0.15, 0.2) is 63.9 Å². The molecule has 3 heteroatoms. The van der Waals surface area contributed by atoms with Gasteiger partial charge in [0.25, 0.3) is 0 Å². The van der Waals surface area contributed by atoms with Crippen LogP contribution in [0.2, 0.25) is 0 Å². The second kappa shape index (κ2) is 5.74. The van der Waals surface area contributed by atoms with Gasteiger partial charge in [-0.2, -0.15) is 4.40 Å². The van der Waals surface area contributed by atoms with Crippen molar-refractivity contribution in [1.82, 2.24) is 0 Å². The summed E-state index contributed by atoms with van der Waals surface area (Å²) in [5.41, 5.74) is 2.94. The third-order valence-electron chi connectivity index (χ3n) is 2.63. The molecule has 1 unspecified atom stereocenters. The van der Waals surface area contributed by atoms with E-state index in [1.54, 1.807) is 0 Å². The van der Waals surface area contributed by atoms with Crippen LogP contribution in [0, 0.1) is 6.92 Å². The lowest BCUT2D eigenvalue weighted by molar-refractivity contribution is 0.684. The first-order valence-electron chi connectivity index (χ1n) is 5.76. The van der Waals surface area contributed by atoms with Crippen LogP contribution in [0.1, 0.15) is 18.1 Å². The SMILES string of the molecule is C/C(=N/S(=O)c1ccc(C)cc1)c1ccccc1. The van der Waals surface area contributed by atoms with Gasteiger partial charge in [0.15, 0.2) is 11.0 Å². The van der Waals surface area contributed by atoms with Gasteiger partial charge < -0.3 is 0 Å². The molecule has 0 N–H and O–H groups in total. The first-order chi connectivity index (χ1) is 8.66. The average Bonchev–Trinajstić information content (AvgIpc) is 2.40. The Bertz CT molecular complexity index is 573. The van der Waals surface area contributed by atoms with Crippen molar-refractivity contribution in [2.45, 2.75) is 18.7 Å². The molecule has 0 saturated heterocycles. The fraction of sp³-hybridized carbons (Fsp3) is 0.133. The summed E-state index contributed by atoms with van der Waals surface area (Å²) >= 11 is 0. The van der Waals surface area contributed by atoms with Crippen molar-refractivity contribution in [3.63, 3.8) is 0 Å². The zero-order valence-electron chi connectivity index (χ0n) is 10.5. The van der Waals surface area contributed by atoms with Crippen LogP contribution >= 0.6 is 0 Å². The van der Waals surface area contributed by atoms with Crippen molar-refractivity contribution in [2.75, 3.05) is 0 Å². The lowest BCUT2D eigenvalue weighted by Gasteiger charge is -2.01. The molecule has 2 aromatic rings. The second-order valence-electron chi connectivity index (χ2n) is 4.10. The van der Waals surface area contributed by atoms with Crippen LogP contribution in [0.4, 0.5) is 0 Å². The Hall–Kier alpha value is -1.74. The standard InChI is InChI=1S/C15H15NOS/c1-12-8-10-15(11-9-12)18(17)16-13(2)14-6-4-3-5-7-14/h3-11H,1-2H3/b16-13-. The molecule has 92 valence electrons. The first-order valence-corrected chi connectivity index (χ1v) is 6.87. The molecule has 0 heterocycles. The highest BCUT2D eigenvalue weighted by atomic mass is 32.2. The van der Waals surface area contributed by atoms with Crippen LogP contribution in [0.5, 0.6) is 0 Å². The van der Waals surface area contributed by atoms with Gasteiger partial charge in [0.05, 0.1) is 10.6 Å². The summed E-state index contributed by atoms with van der Waals surface area (Å²) < 4.78 is 16.3. The maximum Gasteiger partial charge on any atom is 0.172 e. The molecule has 0 amide bonds. The molecular formula is C15H15NOS. The summed E-state index contributed by atoms with van der Waals surface area (Å²) in [6.45, 7) is 3.88. The van der Waals surface area contributed by atoms with E-state index in [0.29, 0.717) is 0 Å². The summed E-state index contributed by atoms with van der Waals surface area (Å²) in [6, 6.07) is 17.4. The Balaban J connectivity index is 2.23. The summed E-state index contributed by atoms with van der Waals surface area (Å²) in [5, 5.41) is 0. The third-order valence-corrected chi connectivity index (χ3v) is 3.75. The number of rotatable bonds is 3. The largest absolute Gasteiger partial charge is 0.229 e. The van der Waals surface area contributed by atoms with Crippen LogP contribution in [0.25, 0.3) is 0 Å². The molecule has 0 aliphatic rings. The number of benzene rings is 2. The highest BCUT2D eigenvalue weighted by molar-refractivity contribution is 7.83. The fourth-order valence-electron chi connectivity index (χ4n) is 1.56. The van der Waals surface area contributed by atoms with Crippen molar-refractivity contribution in [2.24, 2.45) is 4.40 Å². The maximum absolute atomic E-state index is 12.1. The van der Waals surface area contributed by atoms with E-state index in [4.69, 9.17) is 0 Å². The van der Waals surface area contributed by atoms with Crippen molar-refractivity contribution < 1.29 is 4.21 Å². The van der Waals surface area contributed by atoms with Crippen LogP contribution in [0.3, 0.4) is 0 Å². The second-order valence-corrected chi connectivity index (χ2v) is 5.26. The van der Waals surface area contributed by atoms with E-state index in [1.165, 1.54) is 0 Å². The van der Waals surface area contributed by atoms with Crippen molar-refractivity contribution in [3.05, 3.63) is 65.7 Å². The summed E-state index contributed by atoms with van der Waals surface area (Å²) in [6.07, 6.45) is 0. The highest BCUT2D eigenvalue weighted by Crippen LogP contribution is 2.11. The Morgan fingerprint density at radius 2 is 1.61 bits per heavy atom. The Morgan fingerprint density at radius 3 is 2.22 bits per heavy atom. The van der Waals surface area contributed by atoms with Gasteiger partial charge in [-0.3, -0.25) is 0 Å². The van der Waals surface area contributed by atoms with Crippen LogP contribution < -0.4 is 0 Å². The Morgan fingerprint density at radius 1 is 1.00 bits per heavy atom. The van der Waals surface area contributed by atoms with Gasteiger partial charge in [-0.25, -0.2) is 4.21 Å². The maximum atomic E-state index is 12.1. The zero-order chi connectivity index (χ0) is 13.0. The Labute approximate surface area is 110 Å². The van der Waals surface area contributed by atoms with Gasteiger partial charge >= 0.3 is 0 Å². The lowest BCUT2D eigenvalue weighted by Crippen LogP contribution is -1.97. The van der Waals surface area contributed by atoms with Crippen molar-refractivity contribution >= 4 is 16.7 Å². The third kappa shape index (κ3) is 3.14. The molecule has 2 rings (SSSR count). The van der Waals surface area contributed by atoms with E-state index in [-0.39, 0.29) is 0 Å². The van der Waals surface area contributed by atoms with Gasteiger partial charge in [-0.05, 0) is 31.5 Å². The molecule has 2 nitrogen and oxygen atoms in total. The predicted molar refractivity (Wildman–Crippen MR) is 76.2 cm³/mol. The quantitative estimate of drug-likeness (QED) is 0.773. The van der Waals surface area contributed by atoms with E-state index in [1.807, 2.05) is 68.4 Å². The monoisotopic (exact) mass is 257 g/mol. The molecule has 0 aromatic heterocycles. The normalized spacial score (nSPS) is 13.3. The van der Waals surface area contributed by atoms with Gasteiger partial charge in [0, 0.05) is 0 Å². The zero-order valence-corrected chi connectivity index (χ0v) is 11.3. The van der Waals surface area contributed by atoms with Crippen LogP contribution in [-0.4, -0.2) is 9.92 Å². The minimum atomic E-state index is -1.33. The number of nitrogens with zero attached hydrogens (tertiary/aromatic N) is 1. The Kier molecular flexibility index (Phi) is 4.05. The number of aryl methyl sites for hydroxylation is 1. The molecule has 0 aliphatic carbocycles. The summed E-state index contributed by atoms with van der Waals surface area (Å²) in [5.74, 6) is 0. The highest BCUT2D eigenvalue weighted by Gasteiger charge is 2.03. The molecule has 18 heavy (non-hydrogen) atoms. The number of hydrogen-bond donors (Lipinski definition) is 0. The molecular weight excluding hydrogens is 242 g/mol. The molecule has 0 spiro atoms. The summed E-state index contributed by atoms with van der Waals surface area (Å²) in [7, 11) is -1.33. The number of hydrogen-bond acceptors (Lipinski definition) is 1. The molecule has 0 radical (unpaired) electrons. The van der Waals surface area contributed by atoms with E-state index in [0.717, 1.165) is 21.7 Å². The lowest BCUT2D eigenvalue weighted by atomic mass is 10.1. The smallest absolute Gasteiger partial charge is 0.172 e. The van der Waals surface area contributed by atoms with Gasteiger partial charge in [0.2, 0.25) is 0 Å². The topological polar surface area (TPSA) is 29.4 Å². The van der Waals surface area contributed by atoms with Crippen LogP contribution in [-0.2, 0) is 11.0 Å². The first kappa shape index (κ1) is 12.7. The van der Waals surface area contributed by atoms with Crippen molar-refractivity contribution in [1.29, 1.82) is 0 Å². The fourth-order valence-corrected chi connectivity index (χ4v) is 2.39. The molecule has 0 aliphatic heterocycles. The molecule has 2 aromatic carbocycles. The predicted octanol–water partition coefficient (Wildman–Crippen LogP) is 3.53. The van der Waals surface area contributed by atoms with E-state index >= 15 is 0 Å². The van der Waals surface area contributed by atoms with E-state index in [9.17, 15) is 4.21 Å². The van der Waals surface area contributed by atoms with Crippen molar-refractivity contribution in [3.8, 4) is 0 Å². The molecule has 1 atom stereocenters. The van der Waals surface area contributed by atoms with E-state index in [2.05, 4.69) is 4.40 Å². The van der Waals surface area contributed by atoms with E-state index < -0.39 is 11.0 Å². The molecule has 0 bridgehead atoms. The minimum Gasteiger partial charge on any atom is -0.229 e. The minimum absolute atomic E-state index is 0.732. The average molecular weight is 257 g/mol. The van der Waals surface area contributed by atoms with Gasteiger partial charge in [0.1, 0.15) is 0 Å².